The van der Waals surface area contributed by atoms with Gasteiger partial charge in [0.2, 0.25) is 0 Å². The quantitative estimate of drug-likeness (QED) is 0.271. The highest BCUT2D eigenvalue weighted by Crippen LogP contribution is 2.44. The van der Waals surface area contributed by atoms with Crippen LogP contribution in [0.3, 0.4) is 0 Å². The van der Waals surface area contributed by atoms with Crippen LogP contribution in [0.15, 0.2) is 71.8 Å². The van der Waals surface area contributed by atoms with Crippen molar-refractivity contribution < 1.29 is 0 Å². The fourth-order valence-electron chi connectivity index (χ4n) is 4.44. The summed E-state index contributed by atoms with van der Waals surface area (Å²) in [5.74, 6) is 0. The summed E-state index contributed by atoms with van der Waals surface area (Å²) in [6.45, 7) is 8.90. The lowest BCUT2D eigenvalue weighted by molar-refractivity contribution is 0.596. The molecule has 1 nitrogen and oxygen atoms in total. The number of thiol groups is 1. The van der Waals surface area contributed by atoms with Crippen LogP contribution in [0.2, 0.25) is 0 Å². The summed E-state index contributed by atoms with van der Waals surface area (Å²) in [6.07, 6.45) is 6.19. The molecule has 3 aromatic carbocycles. The van der Waals surface area contributed by atoms with Crippen LogP contribution < -0.4 is 0 Å². The second-order valence-electron chi connectivity index (χ2n) is 9.00. The predicted octanol–water partition coefficient (Wildman–Crippen LogP) is 8.89. The number of allylic oxidation sites excluding steroid dienone is 1. The van der Waals surface area contributed by atoms with Crippen molar-refractivity contribution in [2.75, 3.05) is 0 Å². The normalized spacial score (nSPS) is 12.5. The van der Waals surface area contributed by atoms with E-state index in [-0.39, 0.29) is 5.41 Å². The van der Waals surface area contributed by atoms with Crippen LogP contribution >= 0.6 is 24.0 Å². The average molecular weight is 440 g/mol. The highest BCUT2D eigenvalue weighted by atomic mass is 32.1. The van der Waals surface area contributed by atoms with E-state index < -0.39 is 0 Å². The highest BCUT2D eigenvalue weighted by molar-refractivity contribution is 7.80. The minimum atomic E-state index is 0.0363. The van der Waals surface area contributed by atoms with Gasteiger partial charge in [0.1, 0.15) is 0 Å². The summed E-state index contributed by atoms with van der Waals surface area (Å²) in [5, 5.41) is 5.04. The molecule has 0 N–H and O–H groups in total. The first-order chi connectivity index (χ1) is 14.9. The van der Waals surface area contributed by atoms with Crippen LogP contribution in [0.25, 0.3) is 48.3 Å². The maximum absolute atomic E-state index is 4.92. The van der Waals surface area contributed by atoms with Gasteiger partial charge >= 0.3 is 0 Å². The first kappa shape index (κ1) is 20.3. The van der Waals surface area contributed by atoms with Crippen molar-refractivity contribution in [3.05, 3.63) is 78.0 Å². The smallest absolute Gasteiger partial charge is 0.0795 e. The molecule has 0 fully saturated rings. The van der Waals surface area contributed by atoms with Crippen molar-refractivity contribution in [3.8, 4) is 11.3 Å². The molecule has 3 heteroatoms. The third-order valence-electron chi connectivity index (χ3n) is 5.84. The first-order valence-electron chi connectivity index (χ1n) is 10.6. The van der Waals surface area contributed by atoms with Gasteiger partial charge in [-0.1, -0.05) is 57.2 Å². The van der Waals surface area contributed by atoms with Gasteiger partial charge in [0.05, 0.1) is 5.69 Å². The molecule has 0 bridgehead atoms. The lowest BCUT2D eigenvalue weighted by Crippen LogP contribution is -2.12. The summed E-state index contributed by atoms with van der Waals surface area (Å²) in [7, 11) is 0. The van der Waals surface area contributed by atoms with Crippen LogP contribution in [-0.2, 0) is 5.41 Å². The number of thiophene rings is 1. The maximum Gasteiger partial charge on any atom is 0.0795 e. The molecule has 0 saturated heterocycles. The summed E-state index contributed by atoms with van der Waals surface area (Å²) in [5.41, 5.74) is 4.77. The zero-order chi connectivity index (χ0) is 21.8. The van der Waals surface area contributed by atoms with Gasteiger partial charge < -0.3 is 0 Å². The molecular weight excluding hydrogens is 414 g/mol. The zero-order valence-electron chi connectivity index (χ0n) is 18.2. The predicted molar refractivity (Wildman–Crippen MR) is 141 cm³/mol. The largest absolute Gasteiger partial charge is 0.256 e. The van der Waals surface area contributed by atoms with E-state index in [0.29, 0.717) is 0 Å². The van der Waals surface area contributed by atoms with Gasteiger partial charge in [0, 0.05) is 36.8 Å². The van der Waals surface area contributed by atoms with Crippen molar-refractivity contribution in [2.24, 2.45) is 0 Å². The van der Waals surface area contributed by atoms with Gasteiger partial charge in [-0.2, -0.15) is 0 Å². The molecule has 5 aromatic rings. The van der Waals surface area contributed by atoms with Crippen LogP contribution in [0, 0.1) is 0 Å². The van der Waals surface area contributed by atoms with E-state index >= 15 is 0 Å². The fraction of sp³-hybridized carbons (Fsp3) is 0.179. The standard InChI is InChI=1S/C28H25NS2/c1-5-8-20-22(30)11-12-23-25(20)26-24(31-23)13-14-29-27(26)18-15-17-9-6-7-10-19(17)21(16-18)28(2,3)4/h5-16,30H,1-4H3/b8-5+. The Morgan fingerprint density at radius 3 is 2.48 bits per heavy atom. The van der Waals surface area contributed by atoms with Gasteiger partial charge in [0.25, 0.3) is 0 Å². The Labute approximate surface area is 192 Å². The lowest BCUT2D eigenvalue weighted by atomic mass is 9.82. The second kappa shape index (κ2) is 7.51. The molecule has 0 radical (unpaired) electrons. The molecule has 0 aliphatic carbocycles. The minimum Gasteiger partial charge on any atom is -0.256 e. The zero-order valence-corrected chi connectivity index (χ0v) is 19.9. The topological polar surface area (TPSA) is 12.9 Å². The third-order valence-corrected chi connectivity index (χ3v) is 7.35. The molecule has 0 aliphatic heterocycles. The molecule has 0 amide bonds. The minimum absolute atomic E-state index is 0.0363. The number of hydrogen-bond acceptors (Lipinski definition) is 3. The van der Waals surface area contributed by atoms with Gasteiger partial charge in [-0.25, -0.2) is 0 Å². The van der Waals surface area contributed by atoms with Crippen LogP contribution in [0.5, 0.6) is 0 Å². The van der Waals surface area contributed by atoms with E-state index in [2.05, 4.69) is 94.4 Å². The van der Waals surface area contributed by atoms with Crippen molar-refractivity contribution >= 4 is 61.0 Å². The molecule has 0 spiro atoms. The summed E-state index contributed by atoms with van der Waals surface area (Å²) >= 11 is 6.59. The SMILES string of the molecule is C/C=C/c1c(S)ccc2sc3ccnc(-c4cc(C(C)(C)C)c5ccccc5c4)c3c12. The van der Waals surface area contributed by atoms with Crippen LogP contribution in [0.4, 0.5) is 0 Å². The molecule has 0 saturated carbocycles. The molecule has 31 heavy (non-hydrogen) atoms. The Balaban J connectivity index is 1.92. The van der Waals surface area contributed by atoms with Crippen molar-refractivity contribution in [1.82, 2.24) is 4.98 Å². The van der Waals surface area contributed by atoms with Gasteiger partial charge in [0.15, 0.2) is 0 Å². The van der Waals surface area contributed by atoms with E-state index in [1.807, 2.05) is 17.5 Å². The van der Waals surface area contributed by atoms with Crippen LogP contribution in [-0.4, -0.2) is 4.98 Å². The molecule has 2 heterocycles. The van der Waals surface area contributed by atoms with Gasteiger partial charge in [-0.05, 0) is 64.6 Å². The second-order valence-corrected chi connectivity index (χ2v) is 10.6. The molecular formula is C28H25NS2. The fourth-order valence-corrected chi connectivity index (χ4v) is 5.82. The summed E-state index contributed by atoms with van der Waals surface area (Å²) < 4.78 is 2.53. The van der Waals surface area contributed by atoms with E-state index in [0.717, 1.165) is 10.6 Å². The average Bonchev–Trinajstić information content (AvgIpc) is 3.13. The summed E-state index contributed by atoms with van der Waals surface area (Å²) in [6, 6.07) is 19.7. The van der Waals surface area contributed by atoms with E-state index in [1.165, 1.54) is 47.6 Å². The molecule has 0 unspecified atom stereocenters. The molecule has 0 aliphatic rings. The van der Waals surface area contributed by atoms with Crippen molar-refractivity contribution in [3.63, 3.8) is 0 Å². The Kier molecular flexibility index (Phi) is 4.91. The van der Waals surface area contributed by atoms with E-state index in [4.69, 9.17) is 17.6 Å². The number of pyridine rings is 1. The monoisotopic (exact) mass is 439 g/mol. The molecule has 2 aromatic heterocycles. The summed E-state index contributed by atoms with van der Waals surface area (Å²) in [4.78, 5) is 5.91. The van der Waals surface area contributed by atoms with Crippen molar-refractivity contribution in [2.45, 2.75) is 38.0 Å². The number of nitrogens with zero attached hydrogens (tertiary/aromatic N) is 1. The third kappa shape index (κ3) is 3.37. The number of aromatic nitrogens is 1. The Hall–Kier alpha value is -2.62. The Morgan fingerprint density at radius 2 is 1.71 bits per heavy atom. The molecule has 5 rings (SSSR count). The highest BCUT2D eigenvalue weighted by Gasteiger charge is 2.21. The number of fused-ring (bicyclic) bond motifs is 4. The van der Waals surface area contributed by atoms with Gasteiger partial charge in [-0.15, -0.1) is 24.0 Å². The van der Waals surface area contributed by atoms with Crippen molar-refractivity contribution in [1.29, 1.82) is 0 Å². The van der Waals surface area contributed by atoms with E-state index in [1.54, 1.807) is 0 Å². The molecule has 0 atom stereocenters. The van der Waals surface area contributed by atoms with E-state index in [9.17, 15) is 0 Å². The molecule has 154 valence electrons. The Morgan fingerprint density at radius 1 is 0.935 bits per heavy atom. The lowest BCUT2D eigenvalue weighted by Gasteiger charge is -2.23. The first-order valence-corrected chi connectivity index (χ1v) is 11.8. The number of hydrogen-bond donors (Lipinski definition) is 1. The van der Waals surface area contributed by atoms with Gasteiger partial charge in [-0.3, -0.25) is 4.98 Å². The van der Waals surface area contributed by atoms with Crippen LogP contribution in [0.1, 0.15) is 38.8 Å². The maximum atomic E-state index is 4.92. The number of benzene rings is 3. The number of rotatable bonds is 2. The Bertz CT molecular complexity index is 1480.